The maximum Gasteiger partial charge on any atom is 0.139 e. The number of aliphatic hydroxyl groups excluding tert-OH is 1. The van der Waals surface area contributed by atoms with E-state index in [9.17, 15) is 5.11 Å². The maximum absolute atomic E-state index is 9.84. The quantitative estimate of drug-likeness (QED) is 0.643. The van der Waals surface area contributed by atoms with Crippen LogP contribution in [-0.2, 0) is 6.61 Å². The molecule has 1 saturated heterocycles. The van der Waals surface area contributed by atoms with E-state index in [1.807, 2.05) is 16.7 Å². The number of ether oxygens (including phenoxy) is 1. The SMILES string of the molecule is COc1cc(CO)c(-c2cn3ccc(N4CCN(C5CCCC5)CC4)cc3n2)cc1Cl. The molecule has 0 bridgehead atoms. The van der Waals surface area contributed by atoms with Crippen LogP contribution in [-0.4, -0.2) is 58.7 Å². The van der Waals surface area contributed by atoms with Crippen LogP contribution in [0.15, 0.2) is 36.7 Å². The Morgan fingerprint density at radius 1 is 1.13 bits per heavy atom. The summed E-state index contributed by atoms with van der Waals surface area (Å²) in [6.45, 7) is 4.29. The molecule has 1 aromatic carbocycles. The Kier molecular flexibility index (Phi) is 5.78. The molecule has 7 heteroatoms. The van der Waals surface area contributed by atoms with Gasteiger partial charge in [-0.3, -0.25) is 4.90 Å². The summed E-state index contributed by atoms with van der Waals surface area (Å²) in [7, 11) is 1.57. The molecule has 1 N–H and O–H groups in total. The van der Waals surface area contributed by atoms with Crippen LogP contribution in [0.5, 0.6) is 5.75 Å². The number of aromatic nitrogens is 2. The smallest absolute Gasteiger partial charge is 0.139 e. The summed E-state index contributed by atoms with van der Waals surface area (Å²) in [6, 6.07) is 8.71. The van der Waals surface area contributed by atoms with Crippen molar-refractivity contribution in [3.05, 3.63) is 47.2 Å². The van der Waals surface area contributed by atoms with Crippen LogP contribution in [0.25, 0.3) is 16.9 Å². The summed E-state index contributed by atoms with van der Waals surface area (Å²) in [5.41, 5.74) is 4.46. The van der Waals surface area contributed by atoms with Crippen molar-refractivity contribution in [1.82, 2.24) is 14.3 Å². The predicted molar refractivity (Wildman–Crippen MR) is 124 cm³/mol. The highest BCUT2D eigenvalue weighted by Gasteiger charge is 2.26. The fraction of sp³-hybridized carbons (Fsp3) is 0.458. The van der Waals surface area contributed by atoms with Gasteiger partial charge in [-0.2, -0.15) is 0 Å². The Morgan fingerprint density at radius 3 is 2.61 bits per heavy atom. The molecular formula is C24H29ClN4O2. The fourth-order valence-electron chi connectivity index (χ4n) is 5.03. The second-order valence-corrected chi connectivity index (χ2v) is 8.95. The molecule has 3 aromatic rings. The van der Waals surface area contributed by atoms with Crippen molar-refractivity contribution in [3.63, 3.8) is 0 Å². The molecule has 1 aliphatic carbocycles. The van der Waals surface area contributed by atoms with E-state index in [2.05, 4.69) is 28.1 Å². The number of methoxy groups -OCH3 is 1. The molecular weight excluding hydrogens is 412 g/mol. The van der Waals surface area contributed by atoms with E-state index in [-0.39, 0.29) is 6.61 Å². The van der Waals surface area contributed by atoms with Gasteiger partial charge in [-0.05, 0) is 36.6 Å². The van der Waals surface area contributed by atoms with Crippen LogP contribution in [0, 0.1) is 0 Å². The van der Waals surface area contributed by atoms with Crippen molar-refractivity contribution in [2.45, 2.75) is 38.3 Å². The number of aliphatic hydroxyl groups is 1. The molecule has 0 radical (unpaired) electrons. The number of pyridine rings is 1. The van der Waals surface area contributed by atoms with Crippen LogP contribution < -0.4 is 9.64 Å². The third kappa shape index (κ3) is 4.00. The number of rotatable bonds is 5. The van der Waals surface area contributed by atoms with Gasteiger partial charge in [0, 0.05) is 61.9 Å². The van der Waals surface area contributed by atoms with Crippen molar-refractivity contribution in [3.8, 4) is 17.0 Å². The van der Waals surface area contributed by atoms with Crippen molar-refractivity contribution in [2.24, 2.45) is 0 Å². The van der Waals surface area contributed by atoms with Crippen molar-refractivity contribution in [1.29, 1.82) is 0 Å². The normalized spacial score (nSPS) is 18.2. The third-order valence-electron chi connectivity index (χ3n) is 6.79. The van der Waals surface area contributed by atoms with Gasteiger partial charge in [-0.1, -0.05) is 24.4 Å². The van der Waals surface area contributed by atoms with E-state index in [4.69, 9.17) is 21.3 Å². The average molecular weight is 441 g/mol. The molecule has 0 spiro atoms. The van der Waals surface area contributed by atoms with Crippen molar-refractivity contribution >= 4 is 22.9 Å². The predicted octanol–water partition coefficient (Wildman–Crippen LogP) is 4.22. The second-order valence-electron chi connectivity index (χ2n) is 8.54. The number of anilines is 1. The summed E-state index contributed by atoms with van der Waals surface area (Å²) >= 11 is 6.34. The molecule has 2 aromatic heterocycles. The Hall–Kier alpha value is -2.28. The highest BCUT2D eigenvalue weighted by atomic mass is 35.5. The third-order valence-corrected chi connectivity index (χ3v) is 7.08. The Labute approximate surface area is 188 Å². The van der Waals surface area contributed by atoms with E-state index >= 15 is 0 Å². The number of imidazole rings is 1. The summed E-state index contributed by atoms with van der Waals surface area (Å²) in [5, 5.41) is 10.3. The lowest BCUT2D eigenvalue weighted by molar-refractivity contribution is 0.187. The zero-order chi connectivity index (χ0) is 21.4. The van der Waals surface area contributed by atoms with Crippen molar-refractivity contribution in [2.75, 3.05) is 38.2 Å². The van der Waals surface area contributed by atoms with E-state index in [0.717, 1.165) is 54.7 Å². The Morgan fingerprint density at radius 2 is 1.90 bits per heavy atom. The van der Waals surface area contributed by atoms with Gasteiger partial charge in [-0.25, -0.2) is 4.98 Å². The molecule has 0 atom stereocenters. The van der Waals surface area contributed by atoms with Gasteiger partial charge in [0.2, 0.25) is 0 Å². The molecule has 0 amide bonds. The standard InChI is InChI=1S/C24H29ClN4O2/c1-31-23-12-17(16-30)20(14-21(23)25)22-15-29-7-6-19(13-24(29)26-22)28-10-8-27(9-11-28)18-4-2-3-5-18/h6-7,12-15,18,30H,2-5,8-11,16H2,1H3. The second kappa shape index (κ2) is 8.69. The molecule has 164 valence electrons. The first kappa shape index (κ1) is 20.6. The first-order chi connectivity index (χ1) is 15.2. The summed E-state index contributed by atoms with van der Waals surface area (Å²) in [5.74, 6) is 0.553. The largest absolute Gasteiger partial charge is 0.495 e. The topological polar surface area (TPSA) is 53.2 Å². The van der Waals surface area contributed by atoms with Crippen LogP contribution in [0.2, 0.25) is 5.02 Å². The van der Waals surface area contributed by atoms with Gasteiger partial charge >= 0.3 is 0 Å². The van der Waals surface area contributed by atoms with E-state index < -0.39 is 0 Å². The van der Waals surface area contributed by atoms with E-state index in [0.29, 0.717) is 10.8 Å². The molecule has 31 heavy (non-hydrogen) atoms. The van der Waals surface area contributed by atoms with Gasteiger partial charge in [0.1, 0.15) is 11.4 Å². The first-order valence-electron chi connectivity index (χ1n) is 11.1. The lowest BCUT2D eigenvalue weighted by atomic mass is 10.1. The zero-order valence-electron chi connectivity index (χ0n) is 17.9. The molecule has 1 aliphatic heterocycles. The molecule has 3 heterocycles. The number of fused-ring (bicyclic) bond motifs is 1. The lowest BCUT2D eigenvalue weighted by Crippen LogP contribution is -2.49. The highest BCUT2D eigenvalue weighted by Crippen LogP contribution is 2.34. The summed E-state index contributed by atoms with van der Waals surface area (Å²) in [6.07, 6.45) is 9.56. The minimum Gasteiger partial charge on any atom is -0.495 e. The van der Waals surface area contributed by atoms with E-state index in [1.54, 1.807) is 13.2 Å². The number of piperazine rings is 1. The van der Waals surface area contributed by atoms with Gasteiger partial charge in [0.25, 0.3) is 0 Å². The zero-order valence-corrected chi connectivity index (χ0v) is 18.7. The van der Waals surface area contributed by atoms with Crippen LogP contribution in [0.4, 0.5) is 5.69 Å². The molecule has 0 unspecified atom stereocenters. The Balaban J connectivity index is 1.38. The summed E-state index contributed by atoms with van der Waals surface area (Å²) in [4.78, 5) is 9.98. The van der Waals surface area contributed by atoms with Crippen molar-refractivity contribution < 1.29 is 9.84 Å². The van der Waals surface area contributed by atoms with Gasteiger partial charge in [0.15, 0.2) is 0 Å². The molecule has 6 nitrogen and oxygen atoms in total. The van der Waals surface area contributed by atoms with Gasteiger partial charge < -0.3 is 19.1 Å². The van der Waals surface area contributed by atoms with Crippen LogP contribution in [0.1, 0.15) is 31.2 Å². The monoisotopic (exact) mass is 440 g/mol. The number of benzene rings is 1. The number of nitrogens with zero attached hydrogens (tertiary/aromatic N) is 4. The first-order valence-corrected chi connectivity index (χ1v) is 11.5. The average Bonchev–Trinajstić information content (AvgIpc) is 3.48. The molecule has 5 rings (SSSR count). The van der Waals surface area contributed by atoms with Gasteiger partial charge in [0.05, 0.1) is 24.4 Å². The van der Waals surface area contributed by atoms with E-state index in [1.165, 1.54) is 31.4 Å². The number of halogens is 1. The summed E-state index contributed by atoms with van der Waals surface area (Å²) < 4.78 is 7.30. The molecule has 2 aliphatic rings. The minimum atomic E-state index is -0.104. The fourth-order valence-corrected chi connectivity index (χ4v) is 5.27. The maximum atomic E-state index is 9.84. The molecule has 1 saturated carbocycles. The van der Waals surface area contributed by atoms with Gasteiger partial charge in [-0.15, -0.1) is 0 Å². The lowest BCUT2D eigenvalue weighted by Gasteiger charge is -2.39. The number of hydrogen-bond donors (Lipinski definition) is 1. The van der Waals surface area contributed by atoms with Crippen LogP contribution in [0.3, 0.4) is 0 Å². The number of hydrogen-bond acceptors (Lipinski definition) is 5. The minimum absolute atomic E-state index is 0.104. The highest BCUT2D eigenvalue weighted by molar-refractivity contribution is 6.32. The van der Waals surface area contributed by atoms with Crippen LogP contribution >= 0.6 is 11.6 Å². The molecule has 2 fully saturated rings. The Bertz CT molecular complexity index is 1070.